The Hall–Kier alpha value is -1.85. The number of hydrogen-bond acceptors (Lipinski definition) is 3. The number of alkyl halides is 1. The number of carbonyl (C=O) groups excluding carboxylic acids is 2. The van der Waals surface area contributed by atoms with Crippen LogP contribution in [0, 0.1) is 0 Å². The fourth-order valence-electron chi connectivity index (χ4n) is 1.48. The van der Waals surface area contributed by atoms with Crippen molar-refractivity contribution in [3.8, 4) is 0 Å². The number of hydrogen-bond donors (Lipinski definition) is 2. The summed E-state index contributed by atoms with van der Waals surface area (Å²) in [5.74, 6) is -0.409. The van der Waals surface area contributed by atoms with Crippen molar-refractivity contribution in [2.45, 2.75) is 12.3 Å². The number of anilines is 2. The van der Waals surface area contributed by atoms with Gasteiger partial charge in [0.2, 0.25) is 5.91 Å². The molecule has 0 aliphatic carbocycles. The fourth-order valence-corrected chi connectivity index (χ4v) is 2.15. The van der Waals surface area contributed by atoms with Gasteiger partial charge in [0.05, 0.1) is 4.88 Å². The van der Waals surface area contributed by atoms with Gasteiger partial charge in [-0.15, -0.1) is 22.9 Å². The SMILES string of the molecule is C[C@H](Cl)C(=O)Nc1ccc(NC(=O)c2cccs2)cc1. The smallest absolute Gasteiger partial charge is 0.265 e. The van der Waals surface area contributed by atoms with E-state index in [-0.39, 0.29) is 11.8 Å². The Morgan fingerprint density at radius 3 is 2.20 bits per heavy atom. The second-order valence-electron chi connectivity index (χ2n) is 4.11. The zero-order chi connectivity index (χ0) is 14.5. The van der Waals surface area contributed by atoms with E-state index in [1.165, 1.54) is 11.3 Å². The number of nitrogens with one attached hydrogen (secondary N) is 2. The highest BCUT2D eigenvalue weighted by Gasteiger charge is 2.09. The van der Waals surface area contributed by atoms with E-state index in [4.69, 9.17) is 11.6 Å². The maximum absolute atomic E-state index is 11.8. The van der Waals surface area contributed by atoms with E-state index >= 15 is 0 Å². The van der Waals surface area contributed by atoms with Gasteiger partial charge in [-0.2, -0.15) is 0 Å². The largest absolute Gasteiger partial charge is 0.325 e. The molecular formula is C14H13ClN2O2S. The molecule has 1 aromatic heterocycles. The van der Waals surface area contributed by atoms with Crippen molar-refractivity contribution < 1.29 is 9.59 Å². The highest BCUT2D eigenvalue weighted by molar-refractivity contribution is 7.12. The van der Waals surface area contributed by atoms with Gasteiger partial charge in [-0.05, 0) is 42.6 Å². The number of amides is 2. The Bertz CT molecular complexity index is 594. The third-order valence-corrected chi connectivity index (χ3v) is 3.58. The molecule has 0 aliphatic rings. The first-order valence-corrected chi connectivity index (χ1v) is 7.28. The predicted molar refractivity (Wildman–Crippen MR) is 82.7 cm³/mol. The lowest BCUT2D eigenvalue weighted by Crippen LogP contribution is -2.20. The molecule has 0 unspecified atom stereocenters. The summed E-state index contributed by atoms with van der Waals surface area (Å²) in [4.78, 5) is 23.9. The lowest BCUT2D eigenvalue weighted by atomic mass is 10.2. The van der Waals surface area contributed by atoms with Crippen LogP contribution in [0.4, 0.5) is 11.4 Å². The number of carbonyl (C=O) groups is 2. The molecule has 1 aromatic carbocycles. The first-order chi connectivity index (χ1) is 9.56. The van der Waals surface area contributed by atoms with Gasteiger partial charge in [0, 0.05) is 11.4 Å². The molecule has 0 fully saturated rings. The van der Waals surface area contributed by atoms with E-state index in [0.717, 1.165) is 0 Å². The third-order valence-electron chi connectivity index (χ3n) is 2.52. The van der Waals surface area contributed by atoms with E-state index in [9.17, 15) is 9.59 Å². The summed E-state index contributed by atoms with van der Waals surface area (Å²) in [5.41, 5.74) is 1.30. The second-order valence-corrected chi connectivity index (χ2v) is 5.72. The summed E-state index contributed by atoms with van der Waals surface area (Å²) in [6.45, 7) is 1.60. The minimum atomic E-state index is -0.590. The predicted octanol–water partition coefficient (Wildman–Crippen LogP) is 3.57. The normalized spacial score (nSPS) is 11.7. The first kappa shape index (κ1) is 14.6. The molecule has 1 heterocycles. The Morgan fingerprint density at radius 2 is 1.70 bits per heavy atom. The Morgan fingerprint density at radius 1 is 1.10 bits per heavy atom. The zero-order valence-electron chi connectivity index (χ0n) is 10.7. The molecule has 2 rings (SSSR count). The Labute approximate surface area is 125 Å². The molecule has 0 radical (unpaired) electrons. The van der Waals surface area contributed by atoms with E-state index in [1.54, 1.807) is 37.3 Å². The van der Waals surface area contributed by atoms with E-state index in [0.29, 0.717) is 16.3 Å². The van der Waals surface area contributed by atoms with Crippen LogP contribution in [-0.2, 0) is 4.79 Å². The van der Waals surface area contributed by atoms with Gasteiger partial charge < -0.3 is 10.6 Å². The van der Waals surface area contributed by atoms with Crippen LogP contribution < -0.4 is 10.6 Å². The van der Waals surface area contributed by atoms with E-state index in [1.807, 2.05) is 11.4 Å². The number of rotatable bonds is 4. The average Bonchev–Trinajstić information content (AvgIpc) is 2.95. The Balaban J connectivity index is 1.98. The van der Waals surface area contributed by atoms with Gasteiger partial charge in [0.1, 0.15) is 5.38 Å². The highest BCUT2D eigenvalue weighted by atomic mass is 35.5. The highest BCUT2D eigenvalue weighted by Crippen LogP contribution is 2.16. The molecular weight excluding hydrogens is 296 g/mol. The number of halogens is 1. The van der Waals surface area contributed by atoms with E-state index < -0.39 is 5.38 Å². The molecule has 0 spiro atoms. The van der Waals surface area contributed by atoms with Crippen LogP contribution in [0.1, 0.15) is 16.6 Å². The Kier molecular flexibility index (Phi) is 4.76. The third kappa shape index (κ3) is 3.82. The number of thiophene rings is 1. The van der Waals surface area contributed by atoms with Crippen molar-refractivity contribution in [2.24, 2.45) is 0 Å². The van der Waals surface area contributed by atoms with Crippen LogP contribution in [-0.4, -0.2) is 17.2 Å². The van der Waals surface area contributed by atoms with Crippen LogP contribution >= 0.6 is 22.9 Å². The number of benzene rings is 1. The van der Waals surface area contributed by atoms with Gasteiger partial charge in [-0.1, -0.05) is 6.07 Å². The molecule has 1 atom stereocenters. The summed E-state index contributed by atoms with van der Waals surface area (Å²) in [7, 11) is 0. The zero-order valence-corrected chi connectivity index (χ0v) is 12.3. The maximum atomic E-state index is 11.8. The van der Waals surface area contributed by atoms with Gasteiger partial charge in [0.15, 0.2) is 0 Å². The monoisotopic (exact) mass is 308 g/mol. The van der Waals surface area contributed by atoms with Crippen molar-refractivity contribution >= 4 is 46.1 Å². The molecule has 0 aliphatic heterocycles. The molecule has 20 heavy (non-hydrogen) atoms. The molecule has 104 valence electrons. The molecule has 2 aromatic rings. The van der Waals surface area contributed by atoms with Crippen molar-refractivity contribution in [2.75, 3.05) is 10.6 Å². The molecule has 2 N–H and O–H groups in total. The first-order valence-electron chi connectivity index (χ1n) is 5.96. The summed E-state index contributed by atoms with van der Waals surface area (Å²) < 4.78 is 0. The lowest BCUT2D eigenvalue weighted by molar-refractivity contribution is -0.115. The van der Waals surface area contributed by atoms with Gasteiger partial charge in [0.25, 0.3) is 5.91 Å². The standard InChI is InChI=1S/C14H13ClN2O2S/c1-9(15)13(18)16-10-4-6-11(7-5-10)17-14(19)12-3-2-8-20-12/h2-9H,1H3,(H,16,18)(H,17,19)/t9-/m0/s1. The van der Waals surface area contributed by atoms with Crippen LogP contribution in [0.15, 0.2) is 41.8 Å². The summed E-state index contributed by atoms with van der Waals surface area (Å²) >= 11 is 7.05. The van der Waals surface area contributed by atoms with Gasteiger partial charge in [-0.25, -0.2) is 0 Å². The second kappa shape index (κ2) is 6.54. The van der Waals surface area contributed by atoms with Gasteiger partial charge in [-0.3, -0.25) is 9.59 Å². The fraction of sp³-hybridized carbons (Fsp3) is 0.143. The van der Waals surface area contributed by atoms with Crippen LogP contribution in [0.25, 0.3) is 0 Å². The molecule has 4 nitrogen and oxygen atoms in total. The summed E-state index contributed by atoms with van der Waals surface area (Å²) in [5, 5.41) is 6.71. The lowest BCUT2D eigenvalue weighted by Gasteiger charge is -2.08. The minimum absolute atomic E-state index is 0.147. The molecule has 0 saturated carbocycles. The minimum Gasteiger partial charge on any atom is -0.325 e. The molecule has 6 heteroatoms. The topological polar surface area (TPSA) is 58.2 Å². The van der Waals surface area contributed by atoms with Gasteiger partial charge >= 0.3 is 0 Å². The summed E-state index contributed by atoms with van der Waals surface area (Å²) in [6.07, 6.45) is 0. The summed E-state index contributed by atoms with van der Waals surface area (Å²) in [6, 6.07) is 10.4. The maximum Gasteiger partial charge on any atom is 0.265 e. The van der Waals surface area contributed by atoms with Crippen molar-refractivity contribution in [1.29, 1.82) is 0 Å². The molecule has 0 bridgehead atoms. The van der Waals surface area contributed by atoms with Crippen molar-refractivity contribution in [3.63, 3.8) is 0 Å². The van der Waals surface area contributed by atoms with E-state index in [2.05, 4.69) is 10.6 Å². The van der Waals surface area contributed by atoms with Crippen molar-refractivity contribution in [3.05, 3.63) is 46.7 Å². The van der Waals surface area contributed by atoms with Crippen LogP contribution in [0.2, 0.25) is 0 Å². The average molecular weight is 309 g/mol. The van der Waals surface area contributed by atoms with Crippen LogP contribution in [0.3, 0.4) is 0 Å². The quantitative estimate of drug-likeness (QED) is 0.848. The van der Waals surface area contributed by atoms with Crippen LogP contribution in [0.5, 0.6) is 0 Å². The van der Waals surface area contributed by atoms with Crippen molar-refractivity contribution in [1.82, 2.24) is 0 Å². The molecule has 2 amide bonds. The molecule has 0 saturated heterocycles.